The number of aryl methyl sites for hydroxylation is 2. The summed E-state index contributed by atoms with van der Waals surface area (Å²) >= 11 is 0. The van der Waals surface area contributed by atoms with Gasteiger partial charge in [-0.1, -0.05) is 125 Å². The quantitative estimate of drug-likeness (QED) is 0.166. The van der Waals surface area contributed by atoms with Crippen molar-refractivity contribution in [3.05, 3.63) is 215 Å². The summed E-state index contributed by atoms with van der Waals surface area (Å²) < 4.78 is 0. The lowest BCUT2D eigenvalue weighted by molar-refractivity contribution is 0.602. The molecule has 0 saturated carbocycles. The lowest BCUT2D eigenvalue weighted by Crippen LogP contribution is -2.24. The Labute approximate surface area is 354 Å². The van der Waals surface area contributed by atoms with Crippen molar-refractivity contribution in [3.8, 4) is 22.3 Å². The highest BCUT2D eigenvalue weighted by atomic mass is 15.1. The van der Waals surface area contributed by atoms with Crippen molar-refractivity contribution in [2.24, 2.45) is 0 Å². The van der Waals surface area contributed by atoms with E-state index in [0.29, 0.717) is 0 Å². The van der Waals surface area contributed by atoms with E-state index in [1.165, 1.54) is 88.6 Å². The Balaban J connectivity index is 1.02. The minimum atomic E-state index is -0.190. The van der Waals surface area contributed by atoms with Gasteiger partial charge in [0.1, 0.15) is 0 Å². The molecule has 0 aliphatic heterocycles. The summed E-state index contributed by atoms with van der Waals surface area (Å²) in [5.74, 6) is 0. The zero-order valence-electron chi connectivity index (χ0n) is 35.2. The number of fused-ring (bicyclic) bond motifs is 9. The number of nitrogens with zero attached hydrogens (tertiary/aromatic N) is 2. The summed E-state index contributed by atoms with van der Waals surface area (Å²) in [5, 5.41) is 5.05. The molecule has 2 heteroatoms. The van der Waals surface area contributed by atoms with E-state index >= 15 is 0 Å². The normalized spacial score (nSPS) is 14.1. The number of hydrogen-bond donors (Lipinski definition) is 0. The van der Waals surface area contributed by atoms with Gasteiger partial charge in [-0.25, -0.2) is 0 Å². The Hall–Kier alpha value is -6.90. The monoisotopic (exact) mass is 772 g/mol. The van der Waals surface area contributed by atoms with Gasteiger partial charge in [0.2, 0.25) is 0 Å². The predicted octanol–water partition coefficient (Wildman–Crippen LogP) is 16.2. The molecule has 9 aromatic carbocycles. The van der Waals surface area contributed by atoms with Crippen LogP contribution in [-0.4, -0.2) is 0 Å². The minimum Gasteiger partial charge on any atom is -0.310 e. The van der Waals surface area contributed by atoms with Gasteiger partial charge in [0, 0.05) is 45.0 Å². The molecule has 0 radical (unpaired) electrons. The zero-order chi connectivity index (χ0) is 40.9. The van der Waals surface area contributed by atoms with E-state index in [-0.39, 0.29) is 10.8 Å². The first-order valence-corrected chi connectivity index (χ1v) is 21.3. The second-order valence-corrected chi connectivity index (χ2v) is 17.9. The second-order valence-electron chi connectivity index (χ2n) is 17.9. The van der Waals surface area contributed by atoms with Crippen LogP contribution in [0.1, 0.15) is 61.1 Å². The van der Waals surface area contributed by atoms with Gasteiger partial charge in [-0.2, -0.15) is 0 Å². The van der Waals surface area contributed by atoms with Crippen molar-refractivity contribution < 1.29 is 0 Å². The van der Waals surface area contributed by atoms with Crippen molar-refractivity contribution >= 4 is 55.7 Å². The van der Waals surface area contributed by atoms with Gasteiger partial charge < -0.3 is 9.80 Å². The highest BCUT2D eigenvalue weighted by Crippen LogP contribution is 2.60. The maximum absolute atomic E-state index is 2.49. The third-order valence-corrected chi connectivity index (χ3v) is 13.6. The number of rotatable bonds is 6. The maximum Gasteiger partial charge on any atom is 0.0490 e. The molecule has 0 atom stereocenters. The van der Waals surface area contributed by atoms with Gasteiger partial charge in [-0.3, -0.25) is 0 Å². The number of benzene rings is 9. The van der Waals surface area contributed by atoms with Crippen molar-refractivity contribution in [3.63, 3.8) is 0 Å². The van der Waals surface area contributed by atoms with Crippen LogP contribution in [0.15, 0.2) is 182 Å². The molecule has 0 amide bonds. The Bertz CT molecular complexity index is 2960. The number of para-hydroxylation sites is 4. The highest BCUT2D eigenvalue weighted by Gasteiger charge is 2.46. The van der Waals surface area contributed by atoms with Crippen molar-refractivity contribution in [1.82, 2.24) is 0 Å². The van der Waals surface area contributed by atoms with E-state index < -0.39 is 0 Å². The average Bonchev–Trinajstić information content (AvgIpc) is 3.62. The SMILES string of the molecule is Cc1ccccc1N(c1ccccc1)c1ccc2cc3c(cc2c1)C(C)(C)c1c-3ccc2c1C(C)(C)c1cc3cc(N(c4ccccc4)c4ccccc4C)ccc3cc1-2. The van der Waals surface area contributed by atoms with Crippen LogP contribution in [0.25, 0.3) is 43.8 Å². The third-order valence-electron chi connectivity index (χ3n) is 13.6. The molecular weight excluding hydrogens is 725 g/mol. The van der Waals surface area contributed by atoms with Gasteiger partial charge in [-0.05, 0) is 176 Å². The van der Waals surface area contributed by atoms with E-state index in [0.717, 1.165) is 22.7 Å². The minimum absolute atomic E-state index is 0.190. The lowest BCUT2D eigenvalue weighted by Gasteiger charge is -2.31. The van der Waals surface area contributed by atoms with Gasteiger partial charge >= 0.3 is 0 Å². The Morgan fingerprint density at radius 1 is 0.317 bits per heavy atom. The fourth-order valence-corrected chi connectivity index (χ4v) is 10.6. The smallest absolute Gasteiger partial charge is 0.0490 e. The highest BCUT2D eigenvalue weighted by molar-refractivity contribution is 6.01. The van der Waals surface area contributed by atoms with E-state index in [1.807, 2.05) is 0 Å². The largest absolute Gasteiger partial charge is 0.310 e. The Kier molecular flexibility index (Phi) is 8.03. The van der Waals surface area contributed by atoms with Crippen LogP contribution >= 0.6 is 0 Å². The summed E-state index contributed by atoms with van der Waals surface area (Å²) in [4.78, 5) is 4.78. The molecule has 0 N–H and O–H groups in total. The van der Waals surface area contributed by atoms with Gasteiger partial charge in [0.25, 0.3) is 0 Å². The molecule has 2 aliphatic carbocycles. The summed E-state index contributed by atoms with van der Waals surface area (Å²) in [6.45, 7) is 14.2. The van der Waals surface area contributed by atoms with Gasteiger partial charge in [0.05, 0.1) is 0 Å². The summed E-state index contributed by atoms with van der Waals surface area (Å²) in [6.07, 6.45) is 0. The number of hydrogen-bond acceptors (Lipinski definition) is 2. The first-order valence-electron chi connectivity index (χ1n) is 21.3. The van der Waals surface area contributed by atoms with Crippen LogP contribution in [0.5, 0.6) is 0 Å². The topological polar surface area (TPSA) is 6.48 Å². The summed E-state index contributed by atoms with van der Waals surface area (Å²) in [6, 6.07) is 67.5. The molecule has 0 saturated heterocycles. The van der Waals surface area contributed by atoms with Crippen LogP contribution < -0.4 is 9.80 Å². The predicted molar refractivity (Wildman–Crippen MR) is 255 cm³/mol. The van der Waals surface area contributed by atoms with Crippen molar-refractivity contribution in [1.29, 1.82) is 0 Å². The van der Waals surface area contributed by atoms with E-state index in [9.17, 15) is 0 Å². The molecule has 2 nitrogen and oxygen atoms in total. The molecule has 0 unspecified atom stereocenters. The first kappa shape index (κ1) is 36.2. The molecule has 2 aliphatic rings. The molecule has 9 aromatic rings. The Morgan fingerprint density at radius 3 is 1.10 bits per heavy atom. The lowest BCUT2D eigenvalue weighted by atomic mass is 9.72. The fourth-order valence-electron chi connectivity index (χ4n) is 10.6. The van der Waals surface area contributed by atoms with Crippen molar-refractivity contribution in [2.45, 2.75) is 52.4 Å². The molecule has 11 rings (SSSR count). The van der Waals surface area contributed by atoms with E-state index in [1.54, 1.807) is 0 Å². The second kappa shape index (κ2) is 13.3. The molecule has 60 heavy (non-hydrogen) atoms. The summed E-state index contributed by atoms with van der Waals surface area (Å²) in [7, 11) is 0. The van der Waals surface area contributed by atoms with E-state index in [2.05, 4.69) is 233 Å². The summed E-state index contributed by atoms with van der Waals surface area (Å²) in [5.41, 5.74) is 20.3. The third kappa shape index (κ3) is 5.40. The molecular formula is C58H48N2. The standard InChI is InChI=1S/C58H48N2/c1-37-17-13-15-23-53(37)59(43-19-9-7-10-20-43)45-27-25-39-33-49-47-29-30-48-50-34-40-26-28-46(60(44-21-11-8-12-22-44)54-24-16-14-18-38(54)2)32-42(40)36-52(50)58(5,6)56(48)55(47)57(3,4)51(49)35-41(39)31-45/h7-36H,1-6H3. The van der Waals surface area contributed by atoms with E-state index in [4.69, 9.17) is 0 Å². The molecule has 0 bridgehead atoms. The average molecular weight is 773 g/mol. The van der Waals surface area contributed by atoms with Crippen LogP contribution in [0, 0.1) is 13.8 Å². The van der Waals surface area contributed by atoms with Gasteiger partial charge in [0.15, 0.2) is 0 Å². The molecule has 290 valence electrons. The maximum atomic E-state index is 2.49. The van der Waals surface area contributed by atoms with Crippen LogP contribution in [-0.2, 0) is 10.8 Å². The van der Waals surface area contributed by atoms with Crippen LogP contribution in [0.4, 0.5) is 34.1 Å². The number of anilines is 6. The molecule has 0 aromatic heterocycles. The molecule has 0 spiro atoms. The van der Waals surface area contributed by atoms with Crippen LogP contribution in [0.2, 0.25) is 0 Å². The molecule has 0 fully saturated rings. The zero-order valence-corrected chi connectivity index (χ0v) is 35.2. The fraction of sp³-hybridized carbons (Fsp3) is 0.138. The van der Waals surface area contributed by atoms with Crippen molar-refractivity contribution in [2.75, 3.05) is 9.80 Å². The van der Waals surface area contributed by atoms with Gasteiger partial charge in [-0.15, -0.1) is 0 Å². The molecule has 0 heterocycles. The Morgan fingerprint density at radius 2 is 0.700 bits per heavy atom. The first-order chi connectivity index (χ1) is 29.1. The van der Waals surface area contributed by atoms with Crippen LogP contribution in [0.3, 0.4) is 0 Å².